The Morgan fingerprint density at radius 3 is 2.87 bits per heavy atom. The van der Waals surface area contributed by atoms with Gasteiger partial charge < -0.3 is 24.1 Å². The summed E-state index contributed by atoms with van der Waals surface area (Å²) >= 11 is 0. The highest BCUT2D eigenvalue weighted by atomic mass is 19.1. The van der Waals surface area contributed by atoms with Gasteiger partial charge in [0.1, 0.15) is 30.0 Å². The minimum Gasteiger partial charge on any atom is -0.491 e. The first-order chi connectivity index (χ1) is 14.9. The molecule has 31 heavy (non-hydrogen) atoms. The Morgan fingerprint density at radius 2 is 2.16 bits per heavy atom. The molecule has 0 aliphatic carbocycles. The fourth-order valence-corrected chi connectivity index (χ4v) is 2.98. The summed E-state index contributed by atoms with van der Waals surface area (Å²) in [7, 11) is 0. The topological polar surface area (TPSA) is 98.1 Å². The quantitative estimate of drug-likeness (QED) is 0.509. The number of benzene rings is 1. The predicted molar refractivity (Wildman–Crippen MR) is 109 cm³/mol. The SMILES string of the molecule is CC(=O)c1ccc(OCC2CN(C(=O)CNC(=O)C=Cc3ccco3)CCO2)cc1F. The minimum atomic E-state index is -0.650. The highest BCUT2D eigenvalue weighted by molar-refractivity contribution is 5.94. The molecule has 1 aromatic heterocycles. The van der Waals surface area contributed by atoms with Gasteiger partial charge in [-0.2, -0.15) is 0 Å². The summed E-state index contributed by atoms with van der Waals surface area (Å²) in [4.78, 5) is 37.1. The van der Waals surface area contributed by atoms with E-state index in [9.17, 15) is 18.8 Å². The van der Waals surface area contributed by atoms with Crippen molar-refractivity contribution in [3.8, 4) is 5.75 Å². The molecule has 164 valence electrons. The van der Waals surface area contributed by atoms with Gasteiger partial charge in [-0.3, -0.25) is 14.4 Å². The number of rotatable bonds is 8. The number of nitrogens with zero attached hydrogens (tertiary/aromatic N) is 1. The molecule has 1 aromatic carbocycles. The van der Waals surface area contributed by atoms with E-state index in [1.165, 1.54) is 37.5 Å². The Hall–Kier alpha value is -3.46. The molecule has 0 radical (unpaired) electrons. The Labute approximate surface area is 178 Å². The highest BCUT2D eigenvalue weighted by Gasteiger charge is 2.25. The number of Topliss-reactive ketones (excluding diaryl/α,β-unsaturated/α-hetero) is 1. The molecule has 2 amide bonds. The molecule has 1 N–H and O–H groups in total. The van der Waals surface area contributed by atoms with E-state index in [0.717, 1.165) is 6.07 Å². The molecule has 3 rings (SSSR count). The average Bonchev–Trinajstić information content (AvgIpc) is 3.28. The van der Waals surface area contributed by atoms with E-state index < -0.39 is 17.8 Å². The van der Waals surface area contributed by atoms with Crippen molar-refractivity contribution >= 4 is 23.7 Å². The van der Waals surface area contributed by atoms with Crippen molar-refractivity contribution in [3.05, 3.63) is 59.8 Å². The van der Waals surface area contributed by atoms with E-state index in [0.29, 0.717) is 18.9 Å². The molecule has 0 saturated carbocycles. The molecule has 2 heterocycles. The van der Waals surface area contributed by atoms with Crippen LogP contribution in [-0.4, -0.2) is 61.4 Å². The van der Waals surface area contributed by atoms with Crippen LogP contribution in [0.5, 0.6) is 5.75 Å². The molecule has 1 saturated heterocycles. The Bertz CT molecular complexity index is 957. The molecule has 1 aliphatic heterocycles. The van der Waals surface area contributed by atoms with Crippen LogP contribution >= 0.6 is 0 Å². The maximum absolute atomic E-state index is 13.9. The number of ketones is 1. The average molecular weight is 430 g/mol. The fraction of sp³-hybridized carbons (Fsp3) is 0.318. The van der Waals surface area contributed by atoms with Crippen LogP contribution < -0.4 is 10.1 Å². The monoisotopic (exact) mass is 430 g/mol. The second-order valence-corrected chi connectivity index (χ2v) is 6.91. The fourth-order valence-electron chi connectivity index (χ4n) is 2.98. The number of halogens is 1. The molecule has 8 nitrogen and oxygen atoms in total. The largest absolute Gasteiger partial charge is 0.491 e. The van der Waals surface area contributed by atoms with Gasteiger partial charge in [0, 0.05) is 18.7 Å². The molecule has 2 aromatic rings. The molecule has 0 spiro atoms. The predicted octanol–water partition coefficient (Wildman–Crippen LogP) is 2.06. The van der Waals surface area contributed by atoms with E-state index in [1.54, 1.807) is 17.0 Å². The van der Waals surface area contributed by atoms with Gasteiger partial charge in [0.05, 0.1) is 31.5 Å². The zero-order valence-electron chi connectivity index (χ0n) is 17.0. The lowest BCUT2D eigenvalue weighted by Gasteiger charge is -2.32. The molecule has 9 heteroatoms. The van der Waals surface area contributed by atoms with Crippen molar-refractivity contribution in [2.24, 2.45) is 0 Å². The number of carbonyl (C=O) groups is 3. The minimum absolute atomic E-state index is 0.000842. The van der Waals surface area contributed by atoms with Crippen LogP contribution in [0.25, 0.3) is 6.08 Å². The van der Waals surface area contributed by atoms with Gasteiger partial charge in [-0.05, 0) is 37.3 Å². The summed E-state index contributed by atoms with van der Waals surface area (Å²) in [6.07, 6.45) is 3.90. The van der Waals surface area contributed by atoms with Gasteiger partial charge in [-0.25, -0.2) is 4.39 Å². The third kappa shape index (κ3) is 6.51. The van der Waals surface area contributed by atoms with Crippen LogP contribution in [-0.2, 0) is 14.3 Å². The molecular weight excluding hydrogens is 407 g/mol. The number of morpholine rings is 1. The first-order valence-corrected chi connectivity index (χ1v) is 9.74. The Kier molecular flexibility index (Phi) is 7.55. The second kappa shape index (κ2) is 10.5. The van der Waals surface area contributed by atoms with E-state index in [-0.39, 0.29) is 42.7 Å². The Morgan fingerprint density at radius 1 is 1.32 bits per heavy atom. The maximum Gasteiger partial charge on any atom is 0.244 e. The summed E-state index contributed by atoms with van der Waals surface area (Å²) in [5.74, 6) is -0.863. The van der Waals surface area contributed by atoms with Crippen molar-refractivity contribution in [1.29, 1.82) is 0 Å². The van der Waals surface area contributed by atoms with E-state index in [1.807, 2.05) is 0 Å². The molecule has 1 atom stereocenters. The first kappa shape index (κ1) is 22.2. The van der Waals surface area contributed by atoms with E-state index in [2.05, 4.69) is 5.32 Å². The van der Waals surface area contributed by atoms with Gasteiger partial charge in [-0.15, -0.1) is 0 Å². The third-order valence-electron chi connectivity index (χ3n) is 4.60. The van der Waals surface area contributed by atoms with Crippen LogP contribution in [0.15, 0.2) is 47.1 Å². The summed E-state index contributed by atoms with van der Waals surface area (Å²) < 4.78 is 30.1. The van der Waals surface area contributed by atoms with Crippen molar-refractivity contribution < 1.29 is 32.7 Å². The number of furan rings is 1. The standard InChI is InChI=1S/C22H23FN2O6/c1-15(26)19-6-4-17(11-20(19)23)31-14-18-13-25(8-10-30-18)22(28)12-24-21(27)7-5-16-3-2-9-29-16/h2-7,9,11,18H,8,10,12-14H2,1H3,(H,24,27). The number of hydrogen-bond donors (Lipinski definition) is 1. The number of ether oxygens (including phenoxy) is 2. The van der Waals surface area contributed by atoms with Crippen LogP contribution in [0.4, 0.5) is 4.39 Å². The maximum atomic E-state index is 13.9. The second-order valence-electron chi connectivity index (χ2n) is 6.91. The summed E-state index contributed by atoms with van der Waals surface area (Å²) in [6.45, 7) is 2.26. The lowest BCUT2D eigenvalue weighted by molar-refractivity contribution is -0.140. The van der Waals surface area contributed by atoms with Gasteiger partial charge in [0.15, 0.2) is 5.78 Å². The van der Waals surface area contributed by atoms with Gasteiger partial charge in [0.2, 0.25) is 11.8 Å². The normalized spacial score (nSPS) is 16.3. The van der Waals surface area contributed by atoms with Crippen LogP contribution in [0.2, 0.25) is 0 Å². The lowest BCUT2D eigenvalue weighted by atomic mass is 10.1. The smallest absolute Gasteiger partial charge is 0.244 e. The molecule has 1 fully saturated rings. The summed E-state index contributed by atoms with van der Waals surface area (Å²) in [5, 5.41) is 2.54. The van der Waals surface area contributed by atoms with Crippen LogP contribution in [0, 0.1) is 5.82 Å². The zero-order valence-corrected chi connectivity index (χ0v) is 17.0. The van der Waals surface area contributed by atoms with E-state index >= 15 is 0 Å². The van der Waals surface area contributed by atoms with E-state index in [4.69, 9.17) is 13.9 Å². The lowest BCUT2D eigenvalue weighted by Crippen LogP contribution is -2.50. The number of nitrogens with one attached hydrogen (secondary N) is 1. The summed E-state index contributed by atoms with van der Waals surface area (Å²) in [5.41, 5.74) is -0.000842. The molecular formula is C22H23FN2O6. The van der Waals surface area contributed by atoms with Gasteiger partial charge in [0.25, 0.3) is 0 Å². The zero-order chi connectivity index (χ0) is 22.2. The molecule has 1 aliphatic rings. The molecule has 0 bridgehead atoms. The van der Waals surface area contributed by atoms with Crippen molar-refractivity contribution in [2.75, 3.05) is 32.8 Å². The van der Waals surface area contributed by atoms with Crippen LogP contribution in [0.3, 0.4) is 0 Å². The number of carbonyl (C=O) groups excluding carboxylic acids is 3. The van der Waals surface area contributed by atoms with Gasteiger partial charge in [-0.1, -0.05) is 0 Å². The van der Waals surface area contributed by atoms with Crippen LogP contribution in [0.1, 0.15) is 23.0 Å². The summed E-state index contributed by atoms with van der Waals surface area (Å²) in [6, 6.07) is 7.44. The van der Waals surface area contributed by atoms with Crippen molar-refractivity contribution in [2.45, 2.75) is 13.0 Å². The Balaban J connectivity index is 1.44. The van der Waals surface area contributed by atoms with Crippen molar-refractivity contribution in [1.82, 2.24) is 10.2 Å². The van der Waals surface area contributed by atoms with Crippen molar-refractivity contribution in [3.63, 3.8) is 0 Å². The number of hydrogen-bond acceptors (Lipinski definition) is 6. The number of amides is 2. The highest BCUT2D eigenvalue weighted by Crippen LogP contribution is 2.18. The van der Waals surface area contributed by atoms with Gasteiger partial charge >= 0.3 is 0 Å². The molecule has 1 unspecified atom stereocenters. The first-order valence-electron chi connectivity index (χ1n) is 9.74. The third-order valence-corrected chi connectivity index (χ3v) is 4.60.